The van der Waals surface area contributed by atoms with Gasteiger partial charge in [-0.3, -0.25) is 13.7 Å². The van der Waals surface area contributed by atoms with Crippen molar-refractivity contribution in [3.63, 3.8) is 0 Å². The highest BCUT2D eigenvalue weighted by atomic mass is 35.7. The molecule has 3 atom stereocenters. The lowest BCUT2D eigenvalue weighted by molar-refractivity contribution is -0.136. The Morgan fingerprint density at radius 1 is 1.55 bits per heavy atom. The summed E-state index contributed by atoms with van der Waals surface area (Å²) in [6.45, 7) is 1.29. The van der Waals surface area contributed by atoms with Crippen molar-refractivity contribution < 1.29 is 18.8 Å². The van der Waals surface area contributed by atoms with Crippen LogP contribution in [0, 0.1) is 0 Å². The number of aliphatic carboxylic acids is 1. The van der Waals surface area contributed by atoms with Gasteiger partial charge >= 0.3 is 5.97 Å². The fourth-order valence-electron chi connectivity index (χ4n) is 1.94. The average Bonchev–Trinajstić information content (AvgIpc) is 2.71. The molecule has 4 nitrogen and oxygen atoms in total. The molecule has 1 aromatic heterocycles. The Kier molecular flexibility index (Phi) is 5.12. The quantitative estimate of drug-likeness (QED) is 0.720. The first-order valence-electron chi connectivity index (χ1n) is 5.37. The molecule has 1 aromatic carbocycles. The van der Waals surface area contributed by atoms with Crippen molar-refractivity contribution in [2.24, 2.45) is 0 Å². The Hall–Kier alpha value is -0.150. The van der Waals surface area contributed by atoms with Crippen LogP contribution in [-0.4, -0.2) is 17.7 Å². The first-order valence-corrected chi connectivity index (χ1v) is 10.7. The smallest absolute Gasteiger partial charge is 0.320 e. The van der Waals surface area contributed by atoms with Crippen molar-refractivity contribution in [3.8, 4) is 0 Å². The fraction of sp³-hybridized carbons (Fsp3) is 0.182. The highest BCUT2D eigenvalue weighted by Gasteiger charge is 2.38. The maximum Gasteiger partial charge on any atom is 0.320 e. The number of carbonyl (C=O) groups is 1. The molecule has 0 saturated heterocycles. The molecule has 20 heavy (non-hydrogen) atoms. The maximum atomic E-state index is 12.5. The Morgan fingerprint density at radius 3 is 2.85 bits per heavy atom. The third-order valence-electron chi connectivity index (χ3n) is 2.78. The zero-order chi connectivity index (χ0) is 14.9. The molecule has 3 unspecified atom stereocenters. The van der Waals surface area contributed by atoms with E-state index in [4.69, 9.17) is 27.2 Å². The normalized spacial score (nSPS) is 16.6. The van der Waals surface area contributed by atoms with Crippen LogP contribution in [0.1, 0.15) is 11.2 Å². The van der Waals surface area contributed by atoms with E-state index < -0.39 is 27.2 Å². The molecule has 0 bridgehead atoms. The third-order valence-corrected chi connectivity index (χ3v) is 7.78. The second-order valence-electron chi connectivity index (χ2n) is 4.15. The molecule has 0 amide bonds. The number of halogens is 2. The molecule has 0 aliphatic heterocycles. The highest BCUT2D eigenvalue weighted by molar-refractivity contribution is 7.74. The van der Waals surface area contributed by atoms with Gasteiger partial charge in [-0.15, -0.1) is 11.3 Å². The predicted molar refractivity (Wildman–Crippen MR) is 86.0 cm³/mol. The molecule has 0 spiro atoms. The number of carboxylic acids is 1. The van der Waals surface area contributed by atoms with E-state index in [1.165, 1.54) is 18.0 Å². The molecule has 0 aliphatic rings. The van der Waals surface area contributed by atoms with Crippen molar-refractivity contribution in [3.05, 3.63) is 34.2 Å². The molecule has 9 heteroatoms. The SMILES string of the molecule is CP(=O)(OPCl)C(C(=O)O)c1csc2ccc(Cl)cc12. The average molecular weight is 371 g/mol. The summed E-state index contributed by atoms with van der Waals surface area (Å²) >= 11 is 12.8. The number of carboxylic acid groups (broad SMARTS) is 1. The Morgan fingerprint density at radius 2 is 2.25 bits per heavy atom. The van der Waals surface area contributed by atoms with Crippen molar-refractivity contribution >= 4 is 65.8 Å². The standard InChI is InChI=1S/C11H10Cl2O4P2S/c1-19(16,17-18-13)10(11(14)15)8-5-20-9-3-2-6(12)4-7(8)9/h2-5,10,18H,1H3,(H,14,15). The summed E-state index contributed by atoms with van der Waals surface area (Å²) in [5.41, 5.74) is -0.804. The monoisotopic (exact) mass is 370 g/mol. The molecule has 2 aromatic rings. The number of rotatable bonds is 5. The van der Waals surface area contributed by atoms with Crippen LogP contribution in [0.3, 0.4) is 0 Å². The van der Waals surface area contributed by atoms with Gasteiger partial charge in [0.05, 0.1) is 0 Å². The van der Waals surface area contributed by atoms with Gasteiger partial charge in [0.25, 0.3) is 0 Å². The second kappa shape index (κ2) is 6.31. The molecule has 1 heterocycles. The molecule has 0 aliphatic carbocycles. The second-order valence-corrected chi connectivity index (χ2v) is 9.18. The van der Waals surface area contributed by atoms with Gasteiger partial charge in [0, 0.05) is 16.4 Å². The summed E-state index contributed by atoms with van der Waals surface area (Å²) in [6, 6.07) is 5.19. The van der Waals surface area contributed by atoms with Crippen LogP contribution >= 0.6 is 49.7 Å². The predicted octanol–water partition coefficient (Wildman–Crippen LogP) is 5.35. The maximum absolute atomic E-state index is 12.5. The molecule has 1 N–H and O–H groups in total. The lowest BCUT2D eigenvalue weighted by Crippen LogP contribution is -2.11. The minimum atomic E-state index is -3.42. The fourth-order valence-corrected chi connectivity index (χ4v) is 6.50. The van der Waals surface area contributed by atoms with E-state index in [-0.39, 0.29) is 0 Å². The van der Waals surface area contributed by atoms with E-state index in [2.05, 4.69) is 0 Å². The van der Waals surface area contributed by atoms with Crippen LogP contribution in [-0.2, 0) is 13.7 Å². The minimum absolute atomic E-state index is 0.445. The first-order chi connectivity index (χ1) is 9.36. The topological polar surface area (TPSA) is 63.6 Å². The lowest BCUT2D eigenvalue weighted by atomic mass is 10.1. The van der Waals surface area contributed by atoms with E-state index >= 15 is 0 Å². The van der Waals surface area contributed by atoms with Crippen LogP contribution in [0.25, 0.3) is 10.1 Å². The Bertz CT molecular complexity index is 703. The van der Waals surface area contributed by atoms with Gasteiger partial charge < -0.3 is 5.11 Å². The summed E-state index contributed by atoms with van der Waals surface area (Å²) in [5.74, 6) is -1.20. The third kappa shape index (κ3) is 3.19. The van der Waals surface area contributed by atoms with Crippen molar-refractivity contribution in [2.45, 2.75) is 5.66 Å². The van der Waals surface area contributed by atoms with E-state index in [0.717, 1.165) is 4.70 Å². The molecular weight excluding hydrogens is 361 g/mol. The van der Waals surface area contributed by atoms with Gasteiger partial charge in [-0.2, -0.15) is 0 Å². The zero-order valence-electron chi connectivity index (χ0n) is 10.2. The highest BCUT2D eigenvalue weighted by Crippen LogP contribution is 2.62. The molecular formula is C11H10Cl2O4P2S. The minimum Gasteiger partial charge on any atom is -0.480 e. The largest absolute Gasteiger partial charge is 0.480 e. The molecule has 0 radical (unpaired) electrons. The Balaban J connectivity index is 2.61. The number of benzene rings is 1. The van der Waals surface area contributed by atoms with Crippen molar-refractivity contribution in [1.29, 1.82) is 0 Å². The van der Waals surface area contributed by atoms with Gasteiger partial charge in [-0.05, 0) is 34.5 Å². The number of hydrogen-bond donors (Lipinski definition) is 1. The zero-order valence-corrected chi connectivity index (χ0v) is 14.4. The van der Waals surface area contributed by atoms with Crippen LogP contribution in [0.4, 0.5) is 0 Å². The summed E-state index contributed by atoms with van der Waals surface area (Å²) in [6.07, 6.45) is 0. The van der Waals surface area contributed by atoms with Crippen LogP contribution in [0.2, 0.25) is 5.02 Å². The molecule has 0 fully saturated rings. The van der Waals surface area contributed by atoms with Gasteiger partial charge in [-0.25, -0.2) is 0 Å². The number of hydrogen-bond acceptors (Lipinski definition) is 4. The summed E-state index contributed by atoms with van der Waals surface area (Å²) in [7, 11) is -3.98. The summed E-state index contributed by atoms with van der Waals surface area (Å²) in [4.78, 5) is 11.5. The molecule has 0 saturated carbocycles. The van der Waals surface area contributed by atoms with E-state index in [0.29, 0.717) is 16.0 Å². The molecule has 2 rings (SSSR count). The van der Waals surface area contributed by atoms with Gasteiger partial charge in [0.2, 0.25) is 7.37 Å². The van der Waals surface area contributed by atoms with E-state index in [1.807, 2.05) is 0 Å². The summed E-state index contributed by atoms with van der Waals surface area (Å²) in [5, 5.41) is 12.3. The van der Waals surface area contributed by atoms with Gasteiger partial charge in [0.15, 0.2) is 5.66 Å². The number of fused-ring (bicyclic) bond motifs is 1. The van der Waals surface area contributed by atoms with Gasteiger partial charge in [-0.1, -0.05) is 22.8 Å². The number of thiophene rings is 1. The van der Waals surface area contributed by atoms with Gasteiger partial charge in [0.1, 0.15) is 8.16 Å². The van der Waals surface area contributed by atoms with E-state index in [1.54, 1.807) is 23.6 Å². The van der Waals surface area contributed by atoms with Crippen LogP contribution < -0.4 is 0 Å². The van der Waals surface area contributed by atoms with Crippen molar-refractivity contribution in [2.75, 3.05) is 6.66 Å². The van der Waals surface area contributed by atoms with Crippen molar-refractivity contribution in [1.82, 2.24) is 0 Å². The van der Waals surface area contributed by atoms with Crippen LogP contribution in [0.5, 0.6) is 0 Å². The first kappa shape index (κ1) is 16.2. The lowest BCUT2D eigenvalue weighted by Gasteiger charge is -2.19. The Labute approximate surface area is 131 Å². The summed E-state index contributed by atoms with van der Waals surface area (Å²) < 4.78 is 18.3. The van der Waals surface area contributed by atoms with E-state index in [9.17, 15) is 14.5 Å². The molecule has 108 valence electrons. The van der Waals surface area contributed by atoms with Crippen LogP contribution in [0.15, 0.2) is 23.6 Å².